The summed E-state index contributed by atoms with van der Waals surface area (Å²) in [5, 5.41) is 3.67. The average molecular weight is 197 g/mol. The van der Waals surface area contributed by atoms with Crippen LogP contribution in [0.25, 0.3) is 0 Å². The molecule has 2 saturated heterocycles. The summed E-state index contributed by atoms with van der Waals surface area (Å²) in [6.07, 6.45) is 2.79. The molecule has 0 amide bonds. The lowest BCUT2D eigenvalue weighted by molar-refractivity contribution is 0.129. The molecule has 0 radical (unpaired) electrons. The van der Waals surface area contributed by atoms with Crippen molar-refractivity contribution >= 4 is 0 Å². The summed E-state index contributed by atoms with van der Waals surface area (Å²) < 4.78 is 0. The van der Waals surface area contributed by atoms with Gasteiger partial charge in [-0.2, -0.15) is 0 Å². The second-order valence-electron chi connectivity index (χ2n) is 4.99. The molecule has 2 rings (SSSR count). The summed E-state index contributed by atoms with van der Waals surface area (Å²) in [5.74, 6) is 0.872. The second-order valence-corrected chi connectivity index (χ2v) is 4.99. The number of piperidine rings is 1. The number of nitrogens with zero attached hydrogens (tertiary/aromatic N) is 2. The van der Waals surface area contributed by atoms with E-state index in [4.69, 9.17) is 0 Å². The summed E-state index contributed by atoms with van der Waals surface area (Å²) in [4.78, 5) is 4.93. The first-order chi connectivity index (χ1) is 6.75. The maximum atomic E-state index is 3.67. The van der Waals surface area contributed by atoms with E-state index < -0.39 is 0 Å². The van der Waals surface area contributed by atoms with Crippen LogP contribution in [0.5, 0.6) is 0 Å². The standard InChI is InChI=1S/C11H23N3/c1-13-6-3-4-10(8-13)11-9-14(2)7-5-12-11/h10-12H,3-9H2,1-2H3. The van der Waals surface area contributed by atoms with E-state index in [1.165, 1.54) is 45.6 Å². The smallest absolute Gasteiger partial charge is 0.0235 e. The lowest BCUT2D eigenvalue weighted by Crippen LogP contribution is -2.55. The number of piperazine rings is 1. The van der Waals surface area contributed by atoms with Gasteiger partial charge < -0.3 is 15.1 Å². The maximum Gasteiger partial charge on any atom is 0.0235 e. The van der Waals surface area contributed by atoms with Crippen LogP contribution in [0.1, 0.15) is 12.8 Å². The van der Waals surface area contributed by atoms with E-state index in [2.05, 4.69) is 29.2 Å². The Bertz CT molecular complexity index is 163. The summed E-state index contributed by atoms with van der Waals surface area (Å²) in [5.41, 5.74) is 0. The Morgan fingerprint density at radius 3 is 2.57 bits per heavy atom. The van der Waals surface area contributed by atoms with Crippen LogP contribution in [0.3, 0.4) is 0 Å². The largest absolute Gasteiger partial charge is 0.311 e. The van der Waals surface area contributed by atoms with Gasteiger partial charge in [-0.25, -0.2) is 0 Å². The van der Waals surface area contributed by atoms with Crippen molar-refractivity contribution in [3.05, 3.63) is 0 Å². The lowest BCUT2D eigenvalue weighted by Gasteiger charge is -2.40. The molecule has 3 heteroatoms. The van der Waals surface area contributed by atoms with Crippen LogP contribution in [-0.4, -0.2) is 62.7 Å². The zero-order valence-corrected chi connectivity index (χ0v) is 9.50. The molecule has 2 aliphatic rings. The molecule has 82 valence electrons. The van der Waals surface area contributed by atoms with Gasteiger partial charge in [-0.3, -0.25) is 0 Å². The molecule has 0 bridgehead atoms. The van der Waals surface area contributed by atoms with Crippen molar-refractivity contribution in [3.63, 3.8) is 0 Å². The fourth-order valence-electron chi connectivity index (χ4n) is 2.78. The van der Waals surface area contributed by atoms with Crippen molar-refractivity contribution in [2.75, 3.05) is 46.8 Å². The van der Waals surface area contributed by atoms with Crippen molar-refractivity contribution in [2.24, 2.45) is 5.92 Å². The molecule has 0 aromatic heterocycles. The average Bonchev–Trinajstić information content (AvgIpc) is 2.18. The zero-order chi connectivity index (χ0) is 9.97. The fourth-order valence-corrected chi connectivity index (χ4v) is 2.78. The van der Waals surface area contributed by atoms with Gasteiger partial charge >= 0.3 is 0 Å². The van der Waals surface area contributed by atoms with Gasteiger partial charge in [-0.1, -0.05) is 0 Å². The van der Waals surface area contributed by atoms with Gasteiger partial charge in [0.15, 0.2) is 0 Å². The topological polar surface area (TPSA) is 18.5 Å². The molecule has 14 heavy (non-hydrogen) atoms. The van der Waals surface area contributed by atoms with Gasteiger partial charge in [-0.05, 0) is 39.4 Å². The highest BCUT2D eigenvalue weighted by atomic mass is 15.2. The Hall–Kier alpha value is -0.120. The molecule has 2 aliphatic heterocycles. The number of likely N-dealkylation sites (tertiary alicyclic amines) is 1. The van der Waals surface area contributed by atoms with Gasteiger partial charge in [0.25, 0.3) is 0 Å². The molecule has 2 unspecified atom stereocenters. The highest BCUT2D eigenvalue weighted by Crippen LogP contribution is 2.20. The molecular formula is C11H23N3. The van der Waals surface area contributed by atoms with Crippen molar-refractivity contribution in [1.29, 1.82) is 0 Å². The predicted molar refractivity (Wildman–Crippen MR) is 59.5 cm³/mol. The lowest BCUT2D eigenvalue weighted by atomic mass is 9.89. The number of hydrogen-bond acceptors (Lipinski definition) is 3. The van der Waals surface area contributed by atoms with Crippen LogP contribution in [0.15, 0.2) is 0 Å². The normalized spacial score (nSPS) is 37.3. The summed E-state index contributed by atoms with van der Waals surface area (Å²) in [7, 11) is 4.49. The Labute approximate surface area is 87.4 Å². The Morgan fingerprint density at radius 2 is 1.86 bits per heavy atom. The van der Waals surface area contributed by atoms with Gasteiger partial charge in [0, 0.05) is 32.2 Å². The number of nitrogens with one attached hydrogen (secondary N) is 1. The first-order valence-electron chi connectivity index (χ1n) is 5.86. The van der Waals surface area contributed by atoms with Crippen molar-refractivity contribution in [3.8, 4) is 0 Å². The van der Waals surface area contributed by atoms with Crippen LogP contribution in [0.2, 0.25) is 0 Å². The molecular weight excluding hydrogens is 174 g/mol. The maximum absolute atomic E-state index is 3.67. The number of hydrogen-bond donors (Lipinski definition) is 1. The van der Waals surface area contributed by atoms with E-state index in [1.807, 2.05) is 0 Å². The highest BCUT2D eigenvalue weighted by Gasteiger charge is 2.28. The summed E-state index contributed by atoms with van der Waals surface area (Å²) >= 11 is 0. The van der Waals surface area contributed by atoms with E-state index in [-0.39, 0.29) is 0 Å². The van der Waals surface area contributed by atoms with Crippen LogP contribution in [-0.2, 0) is 0 Å². The quantitative estimate of drug-likeness (QED) is 0.649. The minimum atomic E-state index is 0.733. The van der Waals surface area contributed by atoms with Crippen LogP contribution < -0.4 is 5.32 Å². The third-order valence-corrected chi connectivity index (χ3v) is 3.64. The third kappa shape index (κ3) is 2.47. The van der Waals surface area contributed by atoms with E-state index >= 15 is 0 Å². The van der Waals surface area contributed by atoms with Crippen molar-refractivity contribution in [1.82, 2.24) is 15.1 Å². The van der Waals surface area contributed by atoms with Crippen LogP contribution >= 0.6 is 0 Å². The SMILES string of the molecule is CN1CCCC(C2CN(C)CCN2)C1. The van der Waals surface area contributed by atoms with Crippen LogP contribution in [0.4, 0.5) is 0 Å². The minimum Gasteiger partial charge on any atom is -0.311 e. The second kappa shape index (κ2) is 4.60. The van der Waals surface area contributed by atoms with E-state index in [0.29, 0.717) is 0 Å². The van der Waals surface area contributed by atoms with Gasteiger partial charge in [0.05, 0.1) is 0 Å². The first-order valence-corrected chi connectivity index (χ1v) is 5.86. The van der Waals surface area contributed by atoms with E-state index in [9.17, 15) is 0 Å². The molecule has 2 heterocycles. The molecule has 0 spiro atoms. The summed E-state index contributed by atoms with van der Waals surface area (Å²) in [6, 6.07) is 0.733. The van der Waals surface area contributed by atoms with E-state index in [0.717, 1.165) is 12.0 Å². The Balaban J connectivity index is 1.86. The molecule has 2 atom stereocenters. The highest BCUT2D eigenvalue weighted by molar-refractivity contribution is 4.86. The molecule has 0 aliphatic carbocycles. The van der Waals surface area contributed by atoms with Gasteiger partial charge in [0.1, 0.15) is 0 Å². The molecule has 0 aromatic rings. The summed E-state index contributed by atoms with van der Waals surface area (Å²) in [6.45, 7) is 6.18. The van der Waals surface area contributed by atoms with Gasteiger partial charge in [0.2, 0.25) is 0 Å². The van der Waals surface area contributed by atoms with Crippen molar-refractivity contribution < 1.29 is 0 Å². The molecule has 0 aromatic carbocycles. The molecule has 0 saturated carbocycles. The Morgan fingerprint density at radius 1 is 1.07 bits per heavy atom. The number of likely N-dealkylation sites (N-methyl/N-ethyl adjacent to an activating group) is 1. The molecule has 2 fully saturated rings. The molecule has 3 nitrogen and oxygen atoms in total. The van der Waals surface area contributed by atoms with Crippen LogP contribution in [0, 0.1) is 5.92 Å². The first kappa shape index (κ1) is 10.4. The monoisotopic (exact) mass is 197 g/mol. The van der Waals surface area contributed by atoms with Crippen molar-refractivity contribution in [2.45, 2.75) is 18.9 Å². The third-order valence-electron chi connectivity index (χ3n) is 3.64. The Kier molecular flexibility index (Phi) is 3.42. The molecule has 1 N–H and O–H groups in total. The fraction of sp³-hybridized carbons (Fsp3) is 1.00. The zero-order valence-electron chi connectivity index (χ0n) is 9.50. The van der Waals surface area contributed by atoms with Gasteiger partial charge in [-0.15, -0.1) is 0 Å². The minimum absolute atomic E-state index is 0.733. The number of rotatable bonds is 1. The van der Waals surface area contributed by atoms with E-state index in [1.54, 1.807) is 0 Å². The predicted octanol–water partition coefficient (Wildman–Crippen LogP) is 0.232.